The molecule has 0 radical (unpaired) electrons. The summed E-state index contributed by atoms with van der Waals surface area (Å²) in [5, 5.41) is 3.35. The third kappa shape index (κ3) is 4.90. The monoisotopic (exact) mass is 308 g/mol. The summed E-state index contributed by atoms with van der Waals surface area (Å²) in [6, 6.07) is 5.20. The van der Waals surface area contributed by atoms with E-state index >= 15 is 0 Å². The fourth-order valence-corrected chi connectivity index (χ4v) is 2.59. The van der Waals surface area contributed by atoms with Crippen LogP contribution in [0, 0.1) is 12.7 Å². The van der Waals surface area contributed by atoms with Gasteiger partial charge in [-0.05, 0) is 64.3 Å². The largest absolute Gasteiger partial charge is 0.444 e. The van der Waals surface area contributed by atoms with Gasteiger partial charge in [0.25, 0.3) is 0 Å². The van der Waals surface area contributed by atoms with Crippen molar-refractivity contribution in [2.75, 3.05) is 18.4 Å². The maximum atomic E-state index is 13.4. The summed E-state index contributed by atoms with van der Waals surface area (Å²) in [6.07, 6.45) is 1.40. The second-order valence-corrected chi connectivity index (χ2v) is 6.90. The standard InChI is InChI=1S/C17H25FN2O2/c1-12-9-13(18)11-15(10-12)19-14-5-7-20(8-6-14)16(21)22-17(2,3)4/h9-11,14,19H,5-8H2,1-4H3. The van der Waals surface area contributed by atoms with Crippen molar-refractivity contribution in [2.24, 2.45) is 0 Å². The minimum Gasteiger partial charge on any atom is -0.444 e. The molecule has 1 aliphatic rings. The van der Waals surface area contributed by atoms with Crippen LogP contribution in [0.2, 0.25) is 0 Å². The van der Waals surface area contributed by atoms with E-state index in [4.69, 9.17) is 4.74 Å². The molecule has 0 bridgehead atoms. The van der Waals surface area contributed by atoms with Gasteiger partial charge in [0.1, 0.15) is 11.4 Å². The Hall–Kier alpha value is -1.78. The van der Waals surface area contributed by atoms with E-state index in [9.17, 15) is 9.18 Å². The molecule has 1 saturated heterocycles. The molecule has 1 aliphatic heterocycles. The average molecular weight is 308 g/mol. The maximum absolute atomic E-state index is 13.4. The van der Waals surface area contributed by atoms with Gasteiger partial charge in [0.05, 0.1) is 0 Å². The topological polar surface area (TPSA) is 41.6 Å². The highest BCUT2D eigenvalue weighted by molar-refractivity contribution is 5.68. The fourth-order valence-electron chi connectivity index (χ4n) is 2.59. The van der Waals surface area contributed by atoms with Gasteiger partial charge < -0.3 is 15.0 Å². The SMILES string of the molecule is Cc1cc(F)cc(NC2CCN(C(=O)OC(C)(C)C)CC2)c1. The van der Waals surface area contributed by atoms with E-state index < -0.39 is 5.60 Å². The van der Waals surface area contributed by atoms with Crippen molar-refractivity contribution in [1.82, 2.24) is 4.90 Å². The quantitative estimate of drug-likeness (QED) is 0.899. The molecule has 1 aromatic rings. The van der Waals surface area contributed by atoms with Crippen molar-refractivity contribution in [3.63, 3.8) is 0 Å². The number of anilines is 1. The third-order valence-electron chi connectivity index (χ3n) is 3.56. The van der Waals surface area contributed by atoms with Gasteiger partial charge >= 0.3 is 6.09 Å². The summed E-state index contributed by atoms with van der Waals surface area (Å²) in [5.41, 5.74) is 1.23. The number of rotatable bonds is 2. The van der Waals surface area contributed by atoms with Gasteiger partial charge in [-0.1, -0.05) is 0 Å². The second kappa shape index (κ2) is 6.55. The molecule has 5 heteroatoms. The number of nitrogens with one attached hydrogen (secondary N) is 1. The van der Waals surface area contributed by atoms with E-state index in [1.807, 2.05) is 33.8 Å². The van der Waals surface area contributed by atoms with Crippen molar-refractivity contribution in [3.05, 3.63) is 29.6 Å². The molecule has 0 spiro atoms. The Labute approximate surface area is 131 Å². The molecule has 1 fully saturated rings. The van der Waals surface area contributed by atoms with Gasteiger partial charge in [0, 0.05) is 24.8 Å². The van der Waals surface area contributed by atoms with Crippen molar-refractivity contribution in [2.45, 2.75) is 52.2 Å². The molecule has 1 N–H and O–H groups in total. The van der Waals surface area contributed by atoms with Crippen molar-refractivity contribution >= 4 is 11.8 Å². The van der Waals surface area contributed by atoms with E-state index in [0.717, 1.165) is 24.1 Å². The zero-order valence-corrected chi connectivity index (χ0v) is 13.8. The van der Waals surface area contributed by atoms with Crippen LogP contribution in [0.25, 0.3) is 0 Å². The first-order valence-corrected chi connectivity index (χ1v) is 7.74. The fraction of sp³-hybridized carbons (Fsp3) is 0.588. The number of amides is 1. The van der Waals surface area contributed by atoms with Gasteiger partial charge in [0.15, 0.2) is 0 Å². The minimum atomic E-state index is -0.467. The number of carbonyl (C=O) groups is 1. The number of ether oxygens (including phenoxy) is 1. The van der Waals surface area contributed by atoms with Crippen molar-refractivity contribution in [1.29, 1.82) is 0 Å². The number of benzene rings is 1. The molecule has 0 aliphatic carbocycles. The second-order valence-electron chi connectivity index (χ2n) is 6.90. The lowest BCUT2D eigenvalue weighted by Crippen LogP contribution is -2.44. The van der Waals surface area contributed by atoms with Crippen LogP contribution in [0.15, 0.2) is 18.2 Å². The predicted molar refractivity (Wildman–Crippen MR) is 85.6 cm³/mol. The number of likely N-dealkylation sites (tertiary alicyclic amines) is 1. The molecule has 122 valence electrons. The lowest BCUT2D eigenvalue weighted by atomic mass is 10.0. The van der Waals surface area contributed by atoms with E-state index in [2.05, 4.69) is 5.32 Å². The highest BCUT2D eigenvalue weighted by Crippen LogP contribution is 2.20. The van der Waals surface area contributed by atoms with Crippen LogP contribution in [0.1, 0.15) is 39.2 Å². The molecule has 1 heterocycles. The Balaban J connectivity index is 1.86. The number of carbonyl (C=O) groups excluding carboxylic acids is 1. The molecular formula is C17H25FN2O2. The van der Waals surface area contributed by atoms with E-state index in [0.29, 0.717) is 13.1 Å². The Bertz CT molecular complexity index is 512. The number of halogens is 1. The normalized spacial score (nSPS) is 16.5. The molecule has 0 atom stereocenters. The zero-order chi connectivity index (χ0) is 16.3. The van der Waals surface area contributed by atoms with E-state index in [1.54, 1.807) is 4.90 Å². The van der Waals surface area contributed by atoms with Crippen LogP contribution in [0.4, 0.5) is 14.9 Å². The third-order valence-corrected chi connectivity index (χ3v) is 3.56. The van der Waals surface area contributed by atoms with E-state index in [-0.39, 0.29) is 18.0 Å². The number of hydrogen-bond acceptors (Lipinski definition) is 3. The highest BCUT2D eigenvalue weighted by Gasteiger charge is 2.26. The summed E-state index contributed by atoms with van der Waals surface area (Å²) in [6.45, 7) is 8.78. The van der Waals surface area contributed by atoms with E-state index in [1.165, 1.54) is 12.1 Å². The van der Waals surface area contributed by atoms with Crippen LogP contribution < -0.4 is 5.32 Å². The lowest BCUT2D eigenvalue weighted by Gasteiger charge is -2.34. The molecule has 2 rings (SSSR count). The zero-order valence-electron chi connectivity index (χ0n) is 13.8. The molecule has 1 amide bonds. The minimum absolute atomic E-state index is 0.228. The van der Waals surface area contributed by atoms with Crippen LogP contribution in [-0.4, -0.2) is 35.7 Å². The van der Waals surface area contributed by atoms with Gasteiger partial charge in [-0.2, -0.15) is 0 Å². The molecular weight excluding hydrogens is 283 g/mol. The average Bonchev–Trinajstić information content (AvgIpc) is 2.36. The summed E-state index contributed by atoms with van der Waals surface area (Å²) >= 11 is 0. The molecule has 0 saturated carbocycles. The summed E-state index contributed by atoms with van der Waals surface area (Å²) < 4.78 is 18.8. The number of hydrogen-bond donors (Lipinski definition) is 1. The van der Waals surface area contributed by atoms with Crippen LogP contribution >= 0.6 is 0 Å². The summed E-state index contributed by atoms with van der Waals surface area (Å²) in [4.78, 5) is 13.7. The first-order chi connectivity index (χ1) is 10.2. The van der Waals surface area contributed by atoms with Gasteiger partial charge in [-0.3, -0.25) is 0 Å². The van der Waals surface area contributed by atoms with Gasteiger partial charge in [-0.25, -0.2) is 9.18 Å². The molecule has 22 heavy (non-hydrogen) atoms. The molecule has 1 aromatic carbocycles. The Kier molecular flexibility index (Phi) is 4.94. The summed E-state index contributed by atoms with van der Waals surface area (Å²) in [7, 11) is 0. The highest BCUT2D eigenvalue weighted by atomic mass is 19.1. The Morgan fingerprint density at radius 1 is 1.27 bits per heavy atom. The van der Waals surface area contributed by atoms with Crippen LogP contribution in [-0.2, 0) is 4.74 Å². The Morgan fingerprint density at radius 2 is 1.91 bits per heavy atom. The predicted octanol–water partition coefficient (Wildman–Crippen LogP) is 3.95. The van der Waals surface area contributed by atoms with Crippen molar-refractivity contribution < 1.29 is 13.9 Å². The van der Waals surface area contributed by atoms with Gasteiger partial charge in [-0.15, -0.1) is 0 Å². The first-order valence-electron chi connectivity index (χ1n) is 7.74. The van der Waals surface area contributed by atoms with Crippen LogP contribution in [0.3, 0.4) is 0 Å². The van der Waals surface area contributed by atoms with Crippen molar-refractivity contribution in [3.8, 4) is 0 Å². The van der Waals surface area contributed by atoms with Crippen LogP contribution in [0.5, 0.6) is 0 Å². The summed E-state index contributed by atoms with van der Waals surface area (Å²) in [5.74, 6) is -0.228. The number of aryl methyl sites for hydroxylation is 1. The molecule has 0 unspecified atom stereocenters. The number of nitrogens with zero attached hydrogens (tertiary/aromatic N) is 1. The van der Waals surface area contributed by atoms with Gasteiger partial charge in [0.2, 0.25) is 0 Å². The smallest absolute Gasteiger partial charge is 0.410 e. The first kappa shape index (κ1) is 16.6. The lowest BCUT2D eigenvalue weighted by molar-refractivity contribution is 0.0210. The molecule has 0 aromatic heterocycles. The molecule has 4 nitrogen and oxygen atoms in total. The number of piperidine rings is 1. The maximum Gasteiger partial charge on any atom is 0.410 e. The Morgan fingerprint density at radius 3 is 2.45 bits per heavy atom.